The van der Waals surface area contributed by atoms with Gasteiger partial charge in [-0.15, -0.1) is 5.10 Å². The van der Waals surface area contributed by atoms with E-state index >= 15 is 0 Å². The van der Waals surface area contributed by atoms with E-state index in [4.69, 9.17) is 4.52 Å². The van der Waals surface area contributed by atoms with Gasteiger partial charge in [-0.1, -0.05) is 22.5 Å². The Morgan fingerprint density at radius 3 is 2.66 bits per heavy atom. The van der Waals surface area contributed by atoms with E-state index in [1.165, 1.54) is 45.9 Å². The second-order valence-electron chi connectivity index (χ2n) is 6.86. The SMILES string of the molecule is O=c1c2nnn(Cc3ccc(F)cc3)c2ncn1Cc1nc(-c2ccc(F)c(Br)c2)no1. The van der Waals surface area contributed by atoms with Crippen LogP contribution in [0.5, 0.6) is 0 Å². The van der Waals surface area contributed by atoms with E-state index in [1.807, 2.05) is 0 Å². The van der Waals surface area contributed by atoms with Crippen LogP contribution in [-0.4, -0.2) is 34.7 Å². The van der Waals surface area contributed by atoms with E-state index < -0.39 is 11.4 Å². The lowest BCUT2D eigenvalue weighted by atomic mass is 10.2. The van der Waals surface area contributed by atoms with Crippen molar-refractivity contribution in [3.63, 3.8) is 0 Å². The van der Waals surface area contributed by atoms with Gasteiger partial charge in [-0.05, 0) is 51.8 Å². The fourth-order valence-corrected chi connectivity index (χ4v) is 3.47. The van der Waals surface area contributed by atoms with Gasteiger partial charge in [0.25, 0.3) is 5.56 Å². The van der Waals surface area contributed by atoms with Gasteiger partial charge in [0.2, 0.25) is 11.7 Å². The van der Waals surface area contributed by atoms with Crippen LogP contribution in [0.1, 0.15) is 11.5 Å². The number of hydrogen-bond donors (Lipinski definition) is 0. The van der Waals surface area contributed by atoms with Gasteiger partial charge >= 0.3 is 0 Å². The molecule has 0 unspecified atom stereocenters. The number of benzene rings is 2. The lowest BCUT2D eigenvalue weighted by Gasteiger charge is -2.03. The Morgan fingerprint density at radius 2 is 1.88 bits per heavy atom. The van der Waals surface area contributed by atoms with Crippen molar-refractivity contribution in [3.8, 4) is 11.4 Å². The van der Waals surface area contributed by atoms with Crippen molar-refractivity contribution in [1.29, 1.82) is 0 Å². The predicted octanol–water partition coefficient (Wildman–Crippen LogP) is 3.18. The fraction of sp³-hybridized carbons (Fsp3) is 0.100. The molecule has 0 radical (unpaired) electrons. The Morgan fingerprint density at radius 1 is 1.06 bits per heavy atom. The molecule has 9 nitrogen and oxygen atoms in total. The maximum absolute atomic E-state index is 13.4. The van der Waals surface area contributed by atoms with E-state index in [1.54, 1.807) is 12.1 Å². The molecule has 0 fully saturated rings. The molecular formula is C20H12BrF2N7O2. The molecule has 2 aromatic carbocycles. The molecule has 12 heteroatoms. The summed E-state index contributed by atoms with van der Waals surface area (Å²) >= 11 is 3.12. The van der Waals surface area contributed by atoms with Crippen LogP contribution in [0, 0.1) is 11.6 Å². The van der Waals surface area contributed by atoms with Crippen molar-refractivity contribution in [3.05, 3.63) is 86.7 Å². The summed E-state index contributed by atoms with van der Waals surface area (Å²) < 4.78 is 34.8. The zero-order valence-corrected chi connectivity index (χ0v) is 17.7. The quantitative estimate of drug-likeness (QED) is 0.365. The first-order chi connectivity index (χ1) is 15.5. The third kappa shape index (κ3) is 3.80. The first kappa shape index (κ1) is 20.1. The molecule has 0 saturated heterocycles. The summed E-state index contributed by atoms with van der Waals surface area (Å²) in [6.45, 7) is 0.259. The smallest absolute Gasteiger partial charge is 0.283 e. The molecule has 0 saturated carbocycles. The summed E-state index contributed by atoms with van der Waals surface area (Å²) in [5.74, 6) is -0.319. The molecule has 0 aliphatic carbocycles. The zero-order chi connectivity index (χ0) is 22.2. The van der Waals surface area contributed by atoms with Crippen LogP contribution in [0.25, 0.3) is 22.6 Å². The fourth-order valence-electron chi connectivity index (χ4n) is 3.09. The lowest BCUT2D eigenvalue weighted by Crippen LogP contribution is -2.21. The van der Waals surface area contributed by atoms with Gasteiger partial charge in [0.1, 0.15) is 24.5 Å². The minimum absolute atomic E-state index is 0.0258. The Bertz CT molecular complexity index is 1490. The predicted molar refractivity (Wildman–Crippen MR) is 112 cm³/mol. The molecule has 0 atom stereocenters. The summed E-state index contributed by atoms with van der Waals surface area (Å²) in [6.07, 6.45) is 1.34. The molecular weight excluding hydrogens is 488 g/mol. The van der Waals surface area contributed by atoms with E-state index in [0.717, 1.165) is 5.56 Å². The van der Waals surface area contributed by atoms with Crippen molar-refractivity contribution in [2.75, 3.05) is 0 Å². The molecule has 160 valence electrons. The Balaban J connectivity index is 1.40. The van der Waals surface area contributed by atoms with Gasteiger partial charge in [0.15, 0.2) is 11.2 Å². The molecule has 32 heavy (non-hydrogen) atoms. The minimum atomic E-state index is -0.426. The van der Waals surface area contributed by atoms with Crippen molar-refractivity contribution >= 4 is 27.1 Å². The second-order valence-corrected chi connectivity index (χ2v) is 7.72. The molecule has 0 spiro atoms. The molecule has 0 bridgehead atoms. The standard InChI is InChI=1S/C20H12BrF2N7O2/c21-14-7-12(3-6-15(14)23)18-25-16(32-27-18)9-29-10-24-19-17(20(29)31)26-28-30(19)8-11-1-4-13(22)5-2-11/h1-7,10H,8-9H2. The normalized spacial score (nSPS) is 11.3. The van der Waals surface area contributed by atoms with Gasteiger partial charge in [-0.25, -0.2) is 18.4 Å². The van der Waals surface area contributed by atoms with Crippen LogP contribution in [0.15, 0.2) is 62.6 Å². The lowest BCUT2D eigenvalue weighted by molar-refractivity contribution is 0.369. The highest BCUT2D eigenvalue weighted by Crippen LogP contribution is 2.23. The van der Waals surface area contributed by atoms with Crippen molar-refractivity contribution < 1.29 is 13.3 Å². The van der Waals surface area contributed by atoms with Crippen molar-refractivity contribution in [1.82, 2.24) is 34.7 Å². The number of fused-ring (bicyclic) bond motifs is 1. The van der Waals surface area contributed by atoms with Crippen molar-refractivity contribution in [2.45, 2.75) is 13.1 Å². The molecule has 0 amide bonds. The molecule has 5 aromatic rings. The van der Waals surface area contributed by atoms with Gasteiger partial charge in [-0.3, -0.25) is 9.36 Å². The number of hydrogen-bond acceptors (Lipinski definition) is 7. The molecule has 0 aliphatic rings. The maximum Gasteiger partial charge on any atom is 0.283 e. The van der Waals surface area contributed by atoms with Crippen molar-refractivity contribution in [2.24, 2.45) is 0 Å². The largest absolute Gasteiger partial charge is 0.337 e. The average Bonchev–Trinajstić information content (AvgIpc) is 3.41. The first-order valence-electron chi connectivity index (χ1n) is 9.29. The van der Waals surface area contributed by atoms with E-state index in [9.17, 15) is 13.6 Å². The third-order valence-electron chi connectivity index (χ3n) is 4.69. The Hall–Kier alpha value is -3.80. The summed E-state index contributed by atoms with van der Waals surface area (Å²) in [5.41, 5.74) is 1.30. The summed E-state index contributed by atoms with van der Waals surface area (Å²) in [4.78, 5) is 21.4. The van der Waals surface area contributed by atoms with Crippen LogP contribution >= 0.6 is 15.9 Å². The topological polar surface area (TPSA) is 105 Å². The van der Waals surface area contributed by atoms with Crippen LogP contribution in [0.3, 0.4) is 0 Å². The van der Waals surface area contributed by atoms with Gasteiger partial charge in [0.05, 0.1) is 11.0 Å². The molecule has 0 N–H and O–H groups in total. The Labute approximate surface area is 186 Å². The maximum atomic E-state index is 13.4. The summed E-state index contributed by atoms with van der Waals surface area (Å²) in [5, 5.41) is 11.8. The highest BCUT2D eigenvalue weighted by Gasteiger charge is 2.16. The van der Waals surface area contributed by atoms with Crippen LogP contribution in [0.2, 0.25) is 0 Å². The van der Waals surface area contributed by atoms with E-state index in [-0.39, 0.29) is 40.6 Å². The molecule has 0 aliphatic heterocycles. The monoisotopic (exact) mass is 499 g/mol. The Kier molecular flexibility index (Phi) is 5.05. The van der Waals surface area contributed by atoms with E-state index in [0.29, 0.717) is 11.2 Å². The first-order valence-corrected chi connectivity index (χ1v) is 10.1. The number of aromatic nitrogens is 7. The highest BCUT2D eigenvalue weighted by molar-refractivity contribution is 9.10. The number of nitrogens with zero attached hydrogens (tertiary/aromatic N) is 7. The van der Waals surface area contributed by atoms with Crippen LogP contribution in [-0.2, 0) is 13.1 Å². The van der Waals surface area contributed by atoms with Crippen LogP contribution < -0.4 is 5.56 Å². The zero-order valence-electron chi connectivity index (χ0n) is 16.1. The van der Waals surface area contributed by atoms with Gasteiger partial charge < -0.3 is 4.52 Å². The summed E-state index contributed by atoms with van der Waals surface area (Å²) in [7, 11) is 0. The van der Waals surface area contributed by atoms with Gasteiger partial charge in [-0.2, -0.15) is 4.98 Å². The number of halogens is 3. The molecule has 5 rings (SSSR count). The number of rotatable bonds is 5. The molecule has 3 aromatic heterocycles. The van der Waals surface area contributed by atoms with Crippen LogP contribution in [0.4, 0.5) is 8.78 Å². The third-order valence-corrected chi connectivity index (χ3v) is 5.30. The highest BCUT2D eigenvalue weighted by atomic mass is 79.9. The van der Waals surface area contributed by atoms with E-state index in [2.05, 4.69) is 41.4 Å². The summed E-state index contributed by atoms with van der Waals surface area (Å²) in [6, 6.07) is 10.3. The average molecular weight is 500 g/mol. The van der Waals surface area contributed by atoms with Gasteiger partial charge in [0, 0.05) is 5.56 Å². The second kappa shape index (κ2) is 8.04. The molecule has 3 heterocycles. The minimum Gasteiger partial charge on any atom is -0.337 e.